The van der Waals surface area contributed by atoms with Gasteiger partial charge in [-0.15, -0.1) is 0 Å². The van der Waals surface area contributed by atoms with E-state index in [2.05, 4.69) is 9.71 Å². The zero-order valence-corrected chi connectivity index (χ0v) is 8.59. The molecule has 0 aliphatic heterocycles. The minimum Gasteiger partial charge on any atom is -0.266 e. The molecule has 1 rings (SSSR count). The van der Waals surface area contributed by atoms with Gasteiger partial charge >= 0.3 is 0 Å². The van der Waals surface area contributed by atoms with Crippen LogP contribution in [0.1, 0.15) is 11.3 Å². The third-order valence-electron chi connectivity index (χ3n) is 1.44. The summed E-state index contributed by atoms with van der Waals surface area (Å²) < 4.78 is 24.0. The first kappa shape index (κ1) is 10.5. The summed E-state index contributed by atoms with van der Waals surface area (Å²) >= 11 is 0. The Hall–Kier alpha value is -1.61. The normalized spacial score (nSPS) is 10.6. The minimum atomic E-state index is -3.39. The largest absolute Gasteiger partial charge is 0.266 e. The molecule has 0 bridgehead atoms. The van der Waals surface area contributed by atoms with Crippen LogP contribution in [0.3, 0.4) is 0 Å². The van der Waals surface area contributed by atoms with Gasteiger partial charge in [-0.1, -0.05) is 0 Å². The van der Waals surface area contributed by atoms with Crippen molar-refractivity contribution in [2.24, 2.45) is 0 Å². The molecule has 0 saturated carbocycles. The second-order valence-corrected chi connectivity index (χ2v) is 4.58. The Balaban J connectivity index is 3.20. The fourth-order valence-corrected chi connectivity index (χ4v) is 1.41. The number of aromatic nitrogens is 1. The van der Waals surface area contributed by atoms with Crippen LogP contribution in [-0.2, 0) is 10.0 Å². The molecule has 0 amide bonds. The van der Waals surface area contributed by atoms with Crippen molar-refractivity contribution in [3.05, 3.63) is 23.4 Å². The third kappa shape index (κ3) is 2.71. The molecule has 14 heavy (non-hydrogen) atoms. The van der Waals surface area contributed by atoms with Crippen LogP contribution in [0.15, 0.2) is 12.1 Å². The molecule has 0 saturated heterocycles. The van der Waals surface area contributed by atoms with Crippen molar-refractivity contribution in [3.63, 3.8) is 0 Å². The number of aryl methyl sites for hydroxylation is 1. The van der Waals surface area contributed by atoms with Gasteiger partial charge in [-0.25, -0.2) is 13.4 Å². The summed E-state index contributed by atoms with van der Waals surface area (Å²) in [6.07, 6.45) is 1.01. The molecule has 5 nitrogen and oxygen atoms in total. The molecule has 0 aromatic carbocycles. The van der Waals surface area contributed by atoms with Crippen LogP contribution < -0.4 is 4.72 Å². The topological polar surface area (TPSA) is 82.9 Å². The average molecular weight is 211 g/mol. The van der Waals surface area contributed by atoms with Gasteiger partial charge in [0.25, 0.3) is 0 Å². The number of pyridine rings is 1. The van der Waals surface area contributed by atoms with Crippen molar-refractivity contribution < 1.29 is 8.42 Å². The van der Waals surface area contributed by atoms with Gasteiger partial charge in [-0.3, -0.25) is 4.72 Å². The maximum atomic E-state index is 10.9. The van der Waals surface area contributed by atoms with Gasteiger partial charge in [-0.2, -0.15) is 5.26 Å². The number of nitrogens with one attached hydrogen (secondary N) is 1. The van der Waals surface area contributed by atoms with E-state index in [-0.39, 0.29) is 11.4 Å². The number of rotatable bonds is 2. The lowest BCUT2D eigenvalue weighted by atomic mass is 10.2. The molecule has 1 N–H and O–H groups in total. The summed E-state index contributed by atoms with van der Waals surface area (Å²) in [6, 6.07) is 5.02. The lowest BCUT2D eigenvalue weighted by Gasteiger charge is -2.04. The van der Waals surface area contributed by atoms with Crippen LogP contribution >= 0.6 is 0 Å². The van der Waals surface area contributed by atoms with Crippen molar-refractivity contribution in [2.75, 3.05) is 11.0 Å². The van der Waals surface area contributed by atoms with Gasteiger partial charge in [0, 0.05) is 5.69 Å². The molecule has 6 heteroatoms. The first-order valence-corrected chi connectivity index (χ1v) is 5.67. The Labute approximate surface area is 82.4 Å². The standard InChI is InChI=1S/C8H9N3O2S/c1-6-3-4-7(5-9)8(10-6)11-14(2,12)13/h3-4H,1-2H3,(H,10,11). The molecule has 1 aromatic rings. The van der Waals surface area contributed by atoms with Crippen LogP contribution in [0.2, 0.25) is 0 Å². The Morgan fingerprint density at radius 1 is 1.50 bits per heavy atom. The van der Waals surface area contributed by atoms with Gasteiger partial charge in [0.2, 0.25) is 10.0 Å². The zero-order valence-electron chi connectivity index (χ0n) is 7.77. The van der Waals surface area contributed by atoms with E-state index in [1.807, 2.05) is 6.07 Å². The molecule has 1 aromatic heterocycles. The number of hydrogen-bond donors (Lipinski definition) is 1. The lowest BCUT2D eigenvalue weighted by molar-refractivity contribution is 0.606. The number of hydrogen-bond acceptors (Lipinski definition) is 4. The van der Waals surface area contributed by atoms with E-state index >= 15 is 0 Å². The summed E-state index contributed by atoms with van der Waals surface area (Å²) in [5.41, 5.74) is 0.858. The highest BCUT2D eigenvalue weighted by Gasteiger charge is 2.08. The summed E-state index contributed by atoms with van der Waals surface area (Å²) in [4.78, 5) is 3.92. The van der Waals surface area contributed by atoms with Crippen molar-refractivity contribution in [1.29, 1.82) is 5.26 Å². The number of nitriles is 1. The Kier molecular flexibility index (Phi) is 2.72. The smallest absolute Gasteiger partial charge is 0.231 e. The van der Waals surface area contributed by atoms with E-state index in [0.717, 1.165) is 6.26 Å². The zero-order chi connectivity index (χ0) is 10.8. The lowest BCUT2D eigenvalue weighted by Crippen LogP contribution is -2.12. The highest BCUT2D eigenvalue weighted by molar-refractivity contribution is 7.92. The van der Waals surface area contributed by atoms with E-state index in [1.165, 1.54) is 6.07 Å². The molecule has 0 spiro atoms. The monoisotopic (exact) mass is 211 g/mol. The number of sulfonamides is 1. The van der Waals surface area contributed by atoms with Crippen LogP contribution in [0.4, 0.5) is 5.82 Å². The minimum absolute atomic E-state index is 0.0787. The highest BCUT2D eigenvalue weighted by Crippen LogP contribution is 2.12. The quantitative estimate of drug-likeness (QED) is 0.777. The van der Waals surface area contributed by atoms with Crippen molar-refractivity contribution >= 4 is 15.8 Å². The summed E-state index contributed by atoms with van der Waals surface area (Å²) in [5, 5.41) is 8.68. The fourth-order valence-electron chi connectivity index (χ4n) is 0.900. The highest BCUT2D eigenvalue weighted by atomic mass is 32.2. The van der Waals surface area contributed by atoms with Crippen molar-refractivity contribution in [3.8, 4) is 6.07 Å². The third-order valence-corrected chi connectivity index (χ3v) is 2.00. The fraction of sp³-hybridized carbons (Fsp3) is 0.250. The predicted octanol–water partition coefficient (Wildman–Crippen LogP) is 0.633. The van der Waals surface area contributed by atoms with E-state index in [9.17, 15) is 8.42 Å². The molecule has 0 fully saturated rings. The maximum Gasteiger partial charge on any atom is 0.231 e. The average Bonchev–Trinajstić information content (AvgIpc) is 2.01. The Morgan fingerprint density at radius 2 is 2.14 bits per heavy atom. The van der Waals surface area contributed by atoms with E-state index < -0.39 is 10.0 Å². The maximum absolute atomic E-state index is 10.9. The first-order valence-electron chi connectivity index (χ1n) is 3.78. The molecule has 74 valence electrons. The van der Waals surface area contributed by atoms with Gasteiger partial charge < -0.3 is 0 Å². The van der Waals surface area contributed by atoms with Crippen LogP contribution in [0, 0.1) is 18.3 Å². The summed E-state index contributed by atoms with van der Waals surface area (Å²) in [7, 11) is -3.39. The van der Waals surface area contributed by atoms with Crippen molar-refractivity contribution in [2.45, 2.75) is 6.92 Å². The number of nitrogens with zero attached hydrogens (tertiary/aromatic N) is 2. The second-order valence-electron chi connectivity index (χ2n) is 2.83. The van der Waals surface area contributed by atoms with Crippen molar-refractivity contribution in [1.82, 2.24) is 4.98 Å². The SMILES string of the molecule is Cc1ccc(C#N)c(NS(C)(=O)=O)n1. The van der Waals surface area contributed by atoms with Gasteiger partial charge in [-0.05, 0) is 19.1 Å². The van der Waals surface area contributed by atoms with E-state index in [0.29, 0.717) is 5.69 Å². The summed E-state index contributed by atoms with van der Waals surface area (Å²) in [5.74, 6) is 0.0787. The Morgan fingerprint density at radius 3 is 2.64 bits per heavy atom. The summed E-state index contributed by atoms with van der Waals surface area (Å²) in [6.45, 7) is 1.72. The molecular formula is C8H9N3O2S. The number of anilines is 1. The van der Waals surface area contributed by atoms with Crippen LogP contribution in [-0.4, -0.2) is 19.7 Å². The van der Waals surface area contributed by atoms with E-state index in [1.54, 1.807) is 13.0 Å². The van der Waals surface area contributed by atoms with Gasteiger partial charge in [0.05, 0.1) is 11.8 Å². The molecular weight excluding hydrogens is 202 g/mol. The van der Waals surface area contributed by atoms with Crippen LogP contribution in [0.5, 0.6) is 0 Å². The predicted molar refractivity (Wildman–Crippen MR) is 52.2 cm³/mol. The van der Waals surface area contributed by atoms with Crippen LogP contribution in [0.25, 0.3) is 0 Å². The van der Waals surface area contributed by atoms with Gasteiger partial charge in [0.1, 0.15) is 6.07 Å². The second kappa shape index (κ2) is 3.64. The molecule has 0 aliphatic carbocycles. The molecule has 1 heterocycles. The molecule has 0 radical (unpaired) electrons. The van der Waals surface area contributed by atoms with E-state index in [4.69, 9.17) is 5.26 Å². The molecule has 0 atom stereocenters. The Bertz CT molecular complexity index is 488. The van der Waals surface area contributed by atoms with Gasteiger partial charge in [0.15, 0.2) is 5.82 Å². The first-order chi connectivity index (χ1) is 6.42. The molecule has 0 aliphatic rings. The molecule has 0 unspecified atom stereocenters.